The fourth-order valence-corrected chi connectivity index (χ4v) is 3.27. The Kier molecular flexibility index (Phi) is 3.24. The first kappa shape index (κ1) is 10.6. The third-order valence-corrected chi connectivity index (χ3v) is 3.57. The number of hydrogen-bond donors (Lipinski definition) is 1. The van der Waals surface area contributed by atoms with Crippen LogP contribution in [-0.2, 0) is 0 Å². The van der Waals surface area contributed by atoms with Crippen LogP contribution in [0.25, 0.3) is 0 Å². The Morgan fingerprint density at radius 3 is 2.71 bits per heavy atom. The third kappa shape index (κ3) is 2.02. The van der Waals surface area contributed by atoms with Crippen LogP contribution in [0.15, 0.2) is 21.1 Å². The lowest BCUT2D eigenvalue weighted by atomic mass is 10.1. The molecule has 0 aromatic heterocycles. The quantitative estimate of drug-likeness (QED) is 0.829. The van der Waals surface area contributed by atoms with Crippen molar-refractivity contribution in [2.24, 2.45) is 0 Å². The van der Waals surface area contributed by atoms with Gasteiger partial charge in [0.25, 0.3) is 0 Å². The van der Waals surface area contributed by atoms with Crippen LogP contribution in [0.4, 0.5) is 4.39 Å². The summed E-state index contributed by atoms with van der Waals surface area (Å²) in [6.07, 6.45) is 2.13. The van der Waals surface area contributed by atoms with Gasteiger partial charge in [-0.15, -0.1) is 0 Å². The number of halogens is 3. The molecule has 4 heteroatoms. The number of rotatable bonds is 1. The highest BCUT2D eigenvalue weighted by atomic mass is 79.9. The monoisotopic (exact) mass is 321 g/mol. The van der Waals surface area contributed by atoms with Gasteiger partial charge in [0.2, 0.25) is 0 Å². The summed E-state index contributed by atoms with van der Waals surface area (Å²) in [5.74, 6) is -0.148. The molecule has 0 bridgehead atoms. The Morgan fingerprint density at radius 2 is 2.14 bits per heavy atom. The molecule has 1 heterocycles. The SMILES string of the molecule is Fc1cc(Br)cc(Br)c1[C@@H]1CCCN1. The van der Waals surface area contributed by atoms with Gasteiger partial charge in [-0.3, -0.25) is 0 Å². The second-order valence-corrected chi connectivity index (χ2v) is 5.20. The lowest BCUT2D eigenvalue weighted by Gasteiger charge is -2.14. The molecule has 76 valence electrons. The van der Waals surface area contributed by atoms with Crippen molar-refractivity contribution in [2.75, 3.05) is 6.54 Å². The highest BCUT2D eigenvalue weighted by Gasteiger charge is 2.22. The number of hydrogen-bond acceptors (Lipinski definition) is 1. The van der Waals surface area contributed by atoms with E-state index in [1.165, 1.54) is 6.07 Å². The molecular weight excluding hydrogens is 313 g/mol. The fourth-order valence-electron chi connectivity index (χ4n) is 1.82. The average molecular weight is 323 g/mol. The molecule has 1 aliphatic heterocycles. The molecule has 1 saturated heterocycles. The molecule has 1 N–H and O–H groups in total. The van der Waals surface area contributed by atoms with Crippen LogP contribution in [0.3, 0.4) is 0 Å². The van der Waals surface area contributed by atoms with Crippen molar-refractivity contribution >= 4 is 31.9 Å². The van der Waals surface area contributed by atoms with Crippen LogP contribution in [0.1, 0.15) is 24.4 Å². The summed E-state index contributed by atoms with van der Waals surface area (Å²) in [5.41, 5.74) is 0.755. The summed E-state index contributed by atoms with van der Waals surface area (Å²) in [5, 5.41) is 3.29. The maximum atomic E-state index is 13.7. The van der Waals surface area contributed by atoms with E-state index in [2.05, 4.69) is 37.2 Å². The van der Waals surface area contributed by atoms with Crippen LogP contribution in [0.2, 0.25) is 0 Å². The molecule has 0 saturated carbocycles. The van der Waals surface area contributed by atoms with E-state index in [1.54, 1.807) is 0 Å². The van der Waals surface area contributed by atoms with Gasteiger partial charge < -0.3 is 5.32 Å². The maximum absolute atomic E-state index is 13.7. The van der Waals surface area contributed by atoms with Crippen molar-refractivity contribution in [2.45, 2.75) is 18.9 Å². The summed E-state index contributed by atoms with van der Waals surface area (Å²) >= 11 is 6.66. The van der Waals surface area contributed by atoms with Crippen molar-refractivity contribution in [1.82, 2.24) is 5.32 Å². The maximum Gasteiger partial charge on any atom is 0.130 e. The molecule has 1 aromatic carbocycles. The Balaban J connectivity index is 2.40. The van der Waals surface area contributed by atoms with Crippen LogP contribution in [-0.4, -0.2) is 6.54 Å². The van der Waals surface area contributed by atoms with E-state index in [-0.39, 0.29) is 11.9 Å². The zero-order valence-corrected chi connectivity index (χ0v) is 10.7. The van der Waals surface area contributed by atoms with Gasteiger partial charge in [0.15, 0.2) is 0 Å². The van der Waals surface area contributed by atoms with Crippen molar-refractivity contribution < 1.29 is 4.39 Å². The Labute approximate surface area is 99.3 Å². The van der Waals surface area contributed by atoms with E-state index in [4.69, 9.17) is 0 Å². The lowest BCUT2D eigenvalue weighted by molar-refractivity contribution is 0.555. The topological polar surface area (TPSA) is 12.0 Å². The molecule has 14 heavy (non-hydrogen) atoms. The molecule has 0 spiro atoms. The van der Waals surface area contributed by atoms with Crippen molar-refractivity contribution in [3.63, 3.8) is 0 Å². The van der Waals surface area contributed by atoms with Gasteiger partial charge in [0, 0.05) is 20.6 Å². The molecular formula is C10H10Br2FN. The Hall–Kier alpha value is 0.0700. The highest BCUT2D eigenvalue weighted by Crippen LogP contribution is 2.33. The standard InChI is InChI=1S/C10H10Br2FN/c11-6-4-7(12)10(8(13)5-6)9-2-1-3-14-9/h4-5,9,14H,1-3H2/t9-/m0/s1. The van der Waals surface area contributed by atoms with Crippen molar-refractivity contribution in [3.8, 4) is 0 Å². The van der Waals surface area contributed by atoms with E-state index in [9.17, 15) is 4.39 Å². The molecule has 0 unspecified atom stereocenters. The van der Waals surface area contributed by atoms with Gasteiger partial charge in [0.05, 0.1) is 0 Å². The van der Waals surface area contributed by atoms with Crippen molar-refractivity contribution in [3.05, 3.63) is 32.5 Å². The minimum atomic E-state index is -0.148. The van der Waals surface area contributed by atoms with Gasteiger partial charge in [0.1, 0.15) is 5.82 Å². The van der Waals surface area contributed by atoms with E-state index in [0.29, 0.717) is 0 Å². The first-order chi connectivity index (χ1) is 6.68. The molecule has 1 nitrogen and oxygen atoms in total. The summed E-state index contributed by atoms with van der Waals surface area (Å²) in [4.78, 5) is 0. The normalized spacial score (nSPS) is 21.5. The molecule has 1 aromatic rings. The fraction of sp³-hybridized carbons (Fsp3) is 0.400. The first-order valence-electron chi connectivity index (χ1n) is 4.56. The molecule has 0 aliphatic carbocycles. The number of nitrogens with one attached hydrogen (secondary N) is 1. The predicted molar refractivity (Wildman–Crippen MR) is 61.8 cm³/mol. The molecule has 1 atom stereocenters. The van der Waals surface area contributed by atoms with Gasteiger partial charge in [-0.25, -0.2) is 4.39 Å². The van der Waals surface area contributed by atoms with Crippen LogP contribution in [0.5, 0.6) is 0 Å². The summed E-state index contributed by atoms with van der Waals surface area (Å²) < 4.78 is 15.3. The lowest BCUT2D eigenvalue weighted by Crippen LogP contribution is -2.14. The third-order valence-electron chi connectivity index (χ3n) is 2.45. The Morgan fingerprint density at radius 1 is 1.36 bits per heavy atom. The smallest absolute Gasteiger partial charge is 0.130 e. The molecule has 1 fully saturated rings. The molecule has 0 radical (unpaired) electrons. The van der Waals surface area contributed by atoms with Gasteiger partial charge in [-0.1, -0.05) is 31.9 Å². The Bertz CT molecular complexity index is 325. The largest absolute Gasteiger partial charge is 0.310 e. The number of benzene rings is 1. The zero-order valence-electron chi connectivity index (χ0n) is 7.49. The minimum Gasteiger partial charge on any atom is -0.310 e. The summed E-state index contributed by atoms with van der Waals surface area (Å²) in [6.45, 7) is 0.979. The predicted octanol–water partition coefficient (Wildman–Crippen LogP) is 3.78. The van der Waals surface area contributed by atoms with Crippen LogP contribution < -0.4 is 5.32 Å². The minimum absolute atomic E-state index is 0.148. The zero-order chi connectivity index (χ0) is 10.1. The van der Waals surface area contributed by atoms with Crippen molar-refractivity contribution in [1.29, 1.82) is 0 Å². The molecule has 0 amide bonds. The first-order valence-corrected chi connectivity index (χ1v) is 6.15. The highest BCUT2D eigenvalue weighted by molar-refractivity contribution is 9.11. The average Bonchev–Trinajstić information content (AvgIpc) is 2.54. The summed E-state index contributed by atoms with van der Waals surface area (Å²) in [6, 6.07) is 3.57. The van der Waals surface area contributed by atoms with E-state index >= 15 is 0 Å². The van der Waals surface area contributed by atoms with Gasteiger partial charge >= 0.3 is 0 Å². The molecule has 1 aliphatic rings. The summed E-state index contributed by atoms with van der Waals surface area (Å²) in [7, 11) is 0. The van der Waals surface area contributed by atoms with Crippen LogP contribution >= 0.6 is 31.9 Å². The molecule has 2 rings (SSSR count). The van der Waals surface area contributed by atoms with E-state index in [0.717, 1.165) is 33.9 Å². The van der Waals surface area contributed by atoms with Crippen LogP contribution in [0, 0.1) is 5.82 Å². The van der Waals surface area contributed by atoms with E-state index < -0.39 is 0 Å². The second kappa shape index (κ2) is 4.29. The second-order valence-electron chi connectivity index (χ2n) is 3.43. The van der Waals surface area contributed by atoms with E-state index in [1.807, 2.05) is 6.07 Å². The van der Waals surface area contributed by atoms with Gasteiger partial charge in [-0.2, -0.15) is 0 Å². The van der Waals surface area contributed by atoms with Gasteiger partial charge in [-0.05, 0) is 31.5 Å².